The summed E-state index contributed by atoms with van der Waals surface area (Å²) < 4.78 is 10.9. The normalized spacial score (nSPS) is 10.7. The second-order valence-corrected chi connectivity index (χ2v) is 6.05. The highest BCUT2D eigenvalue weighted by atomic mass is 16.5. The van der Waals surface area contributed by atoms with E-state index in [1.165, 1.54) is 0 Å². The molecule has 2 heterocycles. The van der Waals surface area contributed by atoms with Gasteiger partial charge in [0.15, 0.2) is 11.7 Å². The maximum atomic E-state index is 12.0. The van der Waals surface area contributed by atoms with Crippen molar-refractivity contribution in [1.29, 1.82) is 0 Å². The van der Waals surface area contributed by atoms with E-state index in [0.29, 0.717) is 24.2 Å². The van der Waals surface area contributed by atoms with Crippen LogP contribution in [0.4, 0.5) is 5.95 Å². The molecule has 0 atom stereocenters. The Hall–Kier alpha value is -3.16. The number of amides is 1. The number of aromatic nitrogens is 3. The number of benzene rings is 1. The zero-order valence-electron chi connectivity index (χ0n) is 15.0. The average molecular weight is 355 g/mol. The number of anilines is 1. The molecule has 3 rings (SSSR count). The Morgan fingerprint density at radius 2 is 1.92 bits per heavy atom. The summed E-state index contributed by atoms with van der Waals surface area (Å²) in [5.74, 6) is 1.98. The van der Waals surface area contributed by atoms with Crippen molar-refractivity contribution in [3.8, 4) is 11.3 Å². The van der Waals surface area contributed by atoms with Gasteiger partial charge in [0.05, 0.1) is 12.2 Å². The van der Waals surface area contributed by atoms with Crippen LogP contribution in [0.2, 0.25) is 0 Å². The number of hydrogen-bond acceptors (Lipinski definition) is 7. The number of nitrogens with zero attached hydrogens (tertiary/aromatic N) is 4. The molecule has 1 amide bonds. The molecule has 0 radical (unpaired) electrons. The number of aryl methyl sites for hydroxylation is 2. The third-order valence-corrected chi connectivity index (χ3v) is 3.74. The first-order chi connectivity index (χ1) is 12.5. The van der Waals surface area contributed by atoms with Crippen LogP contribution in [0.15, 0.2) is 39.3 Å². The number of rotatable bonds is 7. The predicted octanol–water partition coefficient (Wildman–Crippen LogP) is 2.35. The average Bonchev–Trinajstić information content (AvgIpc) is 3.25. The topological polar surface area (TPSA) is 97.3 Å². The third kappa shape index (κ3) is 4.27. The first-order valence-electron chi connectivity index (χ1n) is 8.31. The van der Waals surface area contributed by atoms with Crippen LogP contribution in [0, 0.1) is 6.92 Å². The van der Waals surface area contributed by atoms with E-state index in [-0.39, 0.29) is 18.9 Å². The first-order valence-corrected chi connectivity index (χ1v) is 8.31. The second-order valence-electron chi connectivity index (χ2n) is 6.05. The van der Waals surface area contributed by atoms with Crippen molar-refractivity contribution < 1.29 is 13.7 Å². The van der Waals surface area contributed by atoms with Crippen LogP contribution in [-0.4, -0.2) is 35.1 Å². The molecule has 0 aliphatic carbocycles. The minimum Gasteiger partial charge on any atom is -0.440 e. The third-order valence-electron chi connectivity index (χ3n) is 3.74. The number of carbonyl (C=O) groups is 1. The van der Waals surface area contributed by atoms with E-state index in [4.69, 9.17) is 8.94 Å². The van der Waals surface area contributed by atoms with E-state index < -0.39 is 0 Å². The second kappa shape index (κ2) is 7.81. The molecule has 0 unspecified atom stereocenters. The standard InChI is InChI=1S/C18H21N5O3/c1-12-17(13-7-5-4-6-8-13)25-15(20-12)10-9-14(24)19-11-16-21-18(22-26-16)23(2)3/h4-8H,9-11H2,1-3H3,(H,19,24). The number of oxazole rings is 1. The SMILES string of the molecule is Cc1nc(CCC(=O)NCc2nc(N(C)C)no2)oc1-c1ccccc1. The zero-order chi connectivity index (χ0) is 18.5. The summed E-state index contributed by atoms with van der Waals surface area (Å²) in [7, 11) is 3.63. The molecule has 0 aliphatic rings. The van der Waals surface area contributed by atoms with Crippen LogP contribution < -0.4 is 10.2 Å². The van der Waals surface area contributed by atoms with E-state index in [9.17, 15) is 4.79 Å². The Bertz CT molecular complexity index is 870. The van der Waals surface area contributed by atoms with Crippen molar-refractivity contribution in [3.63, 3.8) is 0 Å². The van der Waals surface area contributed by atoms with Gasteiger partial charge in [-0.25, -0.2) is 4.98 Å². The van der Waals surface area contributed by atoms with Gasteiger partial charge in [-0.05, 0) is 12.1 Å². The molecular formula is C18H21N5O3. The van der Waals surface area contributed by atoms with E-state index >= 15 is 0 Å². The van der Waals surface area contributed by atoms with Gasteiger partial charge in [0, 0.05) is 32.5 Å². The molecular weight excluding hydrogens is 334 g/mol. The molecule has 2 aromatic heterocycles. The quantitative estimate of drug-likeness (QED) is 0.695. The molecule has 1 aromatic carbocycles. The van der Waals surface area contributed by atoms with Crippen molar-refractivity contribution in [1.82, 2.24) is 20.4 Å². The molecule has 8 nitrogen and oxygen atoms in total. The highest BCUT2D eigenvalue weighted by molar-refractivity contribution is 5.75. The number of hydrogen-bond donors (Lipinski definition) is 1. The molecule has 136 valence electrons. The van der Waals surface area contributed by atoms with Gasteiger partial charge in [0.1, 0.15) is 0 Å². The lowest BCUT2D eigenvalue weighted by Gasteiger charge is -2.02. The highest BCUT2D eigenvalue weighted by Gasteiger charge is 2.14. The van der Waals surface area contributed by atoms with Crippen molar-refractivity contribution in [2.45, 2.75) is 26.3 Å². The summed E-state index contributed by atoms with van der Waals surface area (Å²) in [6.45, 7) is 2.09. The molecule has 8 heteroatoms. The van der Waals surface area contributed by atoms with Crippen molar-refractivity contribution in [2.75, 3.05) is 19.0 Å². The van der Waals surface area contributed by atoms with E-state index in [1.807, 2.05) is 51.4 Å². The smallest absolute Gasteiger partial charge is 0.265 e. The monoisotopic (exact) mass is 355 g/mol. The van der Waals surface area contributed by atoms with Gasteiger partial charge in [0.25, 0.3) is 5.95 Å². The van der Waals surface area contributed by atoms with Crippen LogP contribution in [0.5, 0.6) is 0 Å². The molecule has 0 bridgehead atoms. The fourth-order valence-electron chi connectivity index (χ4n) is 2.40. The molecule has 1 N–H and O–H groups in total. The Morgan fingerprint density at radius 3 is 2.62 bits per heavy atom. The lowest BCUT2D eigenvalue weighted by atomic mass is 10.1. The lowest BCUT2D eigenvalue weighted by molar-refractivity contribution is -0.121. The number of nitrogens with one attached hydrogen (secondary N) is 1. The maximum absolute atomic E-state index is 12.0. The van der Waals surface area contributed by atoms with Crippen molar-refractivity contribution in [3.05, 3.63) is 47.8 Å². The van der Waals surface area contributed by atoms with Crippen molar-refractivity contribution in [2.24, 2.45) is 0 Å². The fourth-order valence-corrected chi connectivity index (χ4v) is 2.40. The summed E-state index contributed by atoms with van der Waals surface area (Å²) in [6.07, 6.45) is 0.690. The van der Waals surface area contributed by atoms with E-state index in [2.05, 4.69) is 20.4 Å². The molecule has 0 fully saturated rings. The van der Waals surface area contributed by atoms with Crippen molar-refractivity contribution >= 4 is 11.9 Å². The minimum atomic E-state index is -0.133. The Kier molecular flexibility index (Phi) is 5.31. The molecule has 0 aliphatic heterocycles. The molecule has 3 aromatic rings. The molecule has 0 saturated carbocycles. The fraction of sp³-hybridized carbons (Fsp3) is 0.333. The lowest BCUT2D eigenvalue weighted by Crippen LogP contribution is -2.23. The largest absolute Gasteiger partial charge is 0.440 e. The molecule has 26 heavy (non-hydrogen) atoms. The van der Waals surface area contributed by atoms with E-state index in [1.54, 1.807) is 4.90 Å². The van der Waals surface area contributed by atoms with Crippen LogP contribution >= 0.6 is 0 Å². The Labute approximate surface area is 151 Å². The van der Waals surface area contributed by atoms with Gasteiger partial charge >= 0.3 is 0 Å². The van der Waals surface area contributed by atoms with Gasteiger partial charge in [-0.3, -0.25) is 4.79 Å². The van der Waals surface area contributed by atoms with Gasteiger partial charge in [0.2, 0.25) is 11.8 Å². The maximum Gasteiger partial charge on any atom is 0.265 e. The van der Waals surface area contributed by atoms with Crippen LogP contribution in [0.25, 0.3) is 11.3 Å². The van der Waals surface area contributed by atoms with Crippen LogP contribution in [0.3, 0.4) is 0 Å². The number of carbonyl (C=O) groups excluding carboxylic acids is 1. The van der Waals surface area contributed by atoms with Gasteiger partial charge < -0.3 is 19.2 Å². The van der Waals surface area contributed by atoms with Crippen LogP contribution in [0.1, 0.15) is 23.9 Å². The Morgan fingerprint density at radius 1 is 1.15 bits per heavy atom. The van der Waals surface area contributed by atoms with E-state index in [0.717, 1.165) is 17.0 Å². The predicted molar refractivity (Wildman–Crippen MR) is 95.5 cm³/mol. The molecule has 0 saturated heterocycles. The summed E-state index contributed by atoms with van der Waals surface area (Å²) in [6, 6.07) is 9.78. The summed E-state index contributed by atoms with van der Waals surface area (Å²) in [4.78, 5) is 22.3. The Balaban J connectivity index is 1.51. The van der Waals surface area contributed by atoms with Gasteiger partial charge in [-0.1, -0.05) is 30.3 Å². The summed E-state index contributed by atoms with van der Waals surface area (Å²) in [5.41, 5.74) is 1.79. The minimum absolute atomic E-state index is 0.133. The zero-order valence-corrected chi connectivity index (χ0v) is 15.0. The van der Waals surface area contributed by atoms with Crippen LogP contribution in [-0.2, 0) is 17.8 Å². The highest BCUT2D eigenvalue weighted by Crippen LogP contribution is 2.24. The summed E-state index contributed by atoms with van der Waals surface area (Å²) >= 11 is 0. The summed E-state index contributed by atoms with van der Waals surface area (Å²) in [5, 5.41) is 6.54. The van der Waals surface area contributed by atoms with Gasteiger partial charge in [-0.15, -0.1) is 0 Å². The first kappa shape index (κ1) is 17.7. The molecule has 0 spiro atoms. The van der Waals surface area contributed by atoms with Gasteiger partial charge in [-0.2, -0.15) is 4.98 Å².